The van der Waals surface area contributed by atoms with Gasteiger partial charge in [-0.1, -0.05) is 34.1 Å². The number of aromatic hydroxyl groups is 2. The molecule has 2 aliphatic rings. The second-order valence-electron chi connectivity index (χ2n) is 7.59. The van der Waals surface area contributed by atoms with E-state index >= 15 is 0 Å². The van der Waals surface area contributed by atoms with Crippen LogP contribution in [0, 0.1) is 0 Å². The number of allylic oxidation sites excluding steroid dienone is 2. The molecule has 2 atom stereocenters. The van der Waals surface area contributed by atoms with Crippen molar-refractivity contribution in [3.8, 4) is 28.8 Å². The third-order valence-corrected chi connectivity index (χ3v) is 6.44. The minimum absolute atomic E-state index is 0.133. The van der Waals surface area contributed by atoms with Crippen LogP contribution in [0.5, 0.6) is 11.8 Å². The Balaban J connectivity index is 1.40. The van der Waals surface area contributed by atoms with Crippen LogP contribution in [-0.4, -0.2) is 24.7 Å². The van der Waals surface area contributed by atoms with Gasteiger partial charge in [0.05, 0.1) is 11.2 Å². The maximum absolute atomic E-state index is 10.8. The van der Waals surface area contributed by atoms with E-state index in [0.717, 1.165) is 38.5 Å². The Kier molecular flexibility index (Phi) is 3.44. The summed E-state index contributed by atoms with van der Waals surface area (Å²) >= 11 is 3.48. The van der Waals surface area contributed by atoms with Crippen LogP contribution in [0.3, 0.4) is 0 Å². The minimum Gasteiger partial charge on any atom is -0.494 e. The van der Waals surface area contributed by atoms with E-state index in [1.54, 1.807) is 0 Å². The van der Waals surface area contributed by atoms with Crippen molar-refractivity contribution in [1.29, 1.82) is 0 Å². The maximum Gasteiger partial charge on any atom is 0.202 e. The number of aromatic nitrogens is 3. The molecule has 2 heterocycles. The summed E-state index contributed by atoms with van der Waals surface area (Å²) < 4.78 is 2.50. The largest absolute Gasteiger partial charge is 0.494 e. The molecule has 1 unspecified atom stereocenters. The minimum atomic E-state index is 0.133. The highest BCUT2D eigenvalue weighted by atomic mass is 79.9. The second kappa shape index (κ2) is 5.94. The molecule has 2 bridgehead atoms. The van der Waals surface area contributed by atoms with E-state index in [1.165, 1.54) is 4.57 Å². The van der Waals surface area contributed by atoms with Crippen molar-refractivity contribution >= 4 is 26.8 Å². The Hall–Kier alpha value is -3.12. The van der Waals surface area contributed by atoms with Gasteiger partial charge in [-0.25, -0.2) is 9.97 Å². The summed E-state index contributed by atoms with van der Waals surface area (Å²) in [6.07, 6.45) is 7.00. The topological polar surface area (TPSA) is 71.2 Å². The zero-order chi connectivity index (χ0) is 19.7. The van der Waals surface area contributed by atoms with Crippen molar-refractivity contribution in [2.45, 2.75) is 18.3 Å². The second-order valence-corrected chi connectivity index (χ2v) is 8.50. The highest BCUT2D eigenvalue weighted by Crippen LogP contribution is 2.57. The Labute approximate surface area is 175 Å². The lowest BCUT2D eigenvalue weighted by molar-refractivity contribution is 0.395. The average molecular weight is 446 g/mol. The molecule has 2 N–H and O–H groups in total. The van der Waals surface area contributed by atoms with E-state index in [4.69, 9.17) is 0 Å². The van der Waals surface area contributed by atoms with Crippen molar-refractivity contribution < 1.29 is 10.2 Å². The Bertz CT molecular complexity index is 1290. The van der Waals surface area contributed by atoms with Gasteiger partial charge in [-0.05, 0) is 42.8 Å². The summed E-state index contributed by atoms with van der Waals surface area (Å²) in [5.74, 6) is 1.30. The Morgan fingerprint density at radius 3 is 2.31 bits per heavy atom. The molecule has 2 aromatic heterocycles. The zero-order valence-electron chi connectivity index (χ0n) is 15.2. The van der Waals surface area contributed by atoms with Gasteiger partial charge in [-0.15, -0.1) is 0 Å². The van der Waals surface area contributed by atoms with Crippen LogP contribution in [0.4, 0.5) is 0 Å². The van der Waals surface area contributed by atoms with E-state index in [2.05, 4.69) is 38.0 Å². The van der Waals surface area contributed by atoms with E-state index in [1.807, 2.05) is 48.7 Å². The predicted molar refractivity (Wildman–Crippen MR) is 115 cm³/mol. The molecule has 0 radical (unpaired) electrons. The summed E-state index contributed by atoms with van der Waals surface area (Å²) in [5, 5.41) is 22.5. The number of halogens is 1. The molecule has 0 saturated carbocycles. The SMILES string of the molecule is Oc1c2c(c(O)n1-c1ccc(-c3ncc4ccc(Br)cc4n3)cc1)[C@@H]1C=CC2C1. The Morgan fingerprint density at radius 1 is 0.931 bits per heavy atom. The molecule has 4 aromatic rings. The molecule has 0 fully saturated rings. The van der Waals surface area contributed by atoms with Gasteiger partial charge in [0, 0.05) is 44.6 Å². The van der Waals surface area contributed by atoms with Gasteiger partial charge in [0.15, 0.2) is 5.82 Å². The number of fused-ring (bicyclic) bond motifs is 6. The first-order valence-corrected chi connectivity index (χ1v) is 10.3. The van der Waals surface area contributed by atoms with Crippen LogP contribution in [0.15, 0.2) is 65.3 Å². The van der Waals surface area contributed by atoms with Gasteiger partial charge >= 0.3 is 0 Å². The van der Waals surface area contributed by atoms with Crippen molar-refractivity contribution in [3.63, 3.8) is 0 Å². The number of hydrogen-bond donors (Lipinski definition) is 2. The predicted octanol–water partition coefficient (Wildman–Crippen LogP) is 5.40. The quantitative estimate of drug-likeness (QED) is 0.405. The van der Waals surface area contributed by atoms with Crippen LogP contribution < -0.4 is 0 Å². The fourth-order valence-corrected chi connectivity index (χ4v) is 4.93. The first kappa shape index (κ1) is 16.8. The Morgan fingerprint density at radius 2 is 1.62 bits per heavy atom. The first-order chi connectivity index (χ1) is 14.1. The molecular formula is C23H16BrN3O2. The van der Waals surface area contributed by atoms with Gasteiger partial charge < -0.3 is 10.2 Å². The third kappa shape index (κ3) is 2.39. The lowest BCUT2D eigenvalue weighted by Crippen LogP contribution is -1.96. The highest BCUT2D eigenvalue weighted by Gasteiger charge is 2.41. The molecule has 0 spiro atoms. The summed E-state index contributed by atoms with van der Waals surface area (Å²) in [4.78, 5) is 9.13. The number of nitrogens with zero attached hydrogens (tertiary/aromatic N) is 3. The van der Waals surface area contributed by atoms with Crippen LogP contribution in [-0.2, 0) is 0 Å². The molecule has 0 aliphatic heterocycles. The smallest absolute Gasteiger partial charge is 0.202 e. The molecule has 5 nitrogen and oxygen atoms in total. The highest BCUT2D eigenvalue weighted by molar-refractivity contribution is 9.10. The fraction of sp³-hybridized carbons (Fsp3) is 0.130. The summed E-state index contributed by atoms with van der Waals surface area (Å²) in [7, 11) is 0. The van der Waals surface area contributed by atoms with Crippen molar-refractivity contribution in [2.75, 3.05) is 0 Å². The van der Waals surface area contributed by atoms with Gasteiger partial charge in [-0.3, -0.25) is 4.57 Å². The number of rotatable bonds is 2. The lowest BCUT2D eigenvalue weighted by Gasteiger charge is -2.10. The van der Waals surface area contributed by atoms with E-state index < -0.39 is 0 Å². The lowest BCUT2D eigenvalue weighted by atomic mass is 10.0. The maximum atomic E-state index is 10.8. The van der Waals surface area contributed by atoms with E-state index in [0.29, 0.717) is 11.5 Å². The summed E-state index contributed by atoms with van der Waals surface area (Å²) in [6.45, 7) is 0. The monoisotopic (exact) mass is 445 g/mol. The van der Waals surface area contributed by atoms with Gasteiger partial charge in [0.2, 0.25) is 11.8 Å². The molecule has 0 saturated heterocycles. The molecule has 29 heavy (non-hydrogen) atoms. The molecule has 6 rings (SSSR count). The van der Waals surface area contributed by atoms with Crippen LogP contribution in [0.2, 0.25) is 0 Å². The summed E-state index contributed by atoms with van der Waals surface area (Å²) in [6, 6.07) is 13.5. The van der Waals surface area contributed by atoms with Crippen LogP contribution in [0.1, 0.15) is 29.4 Å². The van der Waals surface area contributed by atoms with Crippen LogP contribution >= 0.6 is 15.9 Å². The van der Waals surface area contributed by atoms with Gasteiger partial charge in [-0.2, -0.15) is 0 Å². The average Bonchev–Trinajstić information content (AvgIpc) is 3.41. The molecule has 142 valence electrons. The molecule has 2 aliphatic carbocycles. The standard InChI is InChI=1S/C23H16BrN3O2/c24-16-6-3-15-11-25-21(26-18(15)10-16)12-4-7-17(8-5-12)27-22(28)19-13-1-2-14(9-13)20(19)23(27)29/h1-8,10-11,13-14,28-29H,9H2/t13-,14?/m1/s1. The number of hydrogen-bond acceptors (Lipinski definition) is 4. The zero-order valence-corrected chi connectivity index (χ0v) is 16.8. The van der Waals surface area contributed by atoms with E-state index in [9.17, 15) is 10.2 Å². The van der Waals surface area contributed by atoms with Crippen LogP contribution in [0.25, 0.3) is 28.0 Å². The van der Waals surface area contributed by atoms with E-state index in [-0.39, 0.29) is 23.6 Å². The van der Waals surface area contributed by atoms with Gasteiger partial charge in [0.1, 0.15) is 0 Å². The van der Waals surface area contributed by atoms with Crippen molar-refractivity contribution in [3.05, 3.63) is 76.4 Å². The third-order valence-electron chi connectivity index (χ3n) is 5.95. The molecule has 6 heteroatoms. The number of benzene rings is 2. The van der Waals surface area contributed by atoms with Gasteiger partial charge in [0.25, 0.3) is 0 Å². The normalized spacial score (nSPS) is 19.2. The molecule has 0 amide bonds. The molecular weight excluding hydrogens is 430 g/mol. The summed E-state index contributed by atoms with van der Waals surface area (Å²) in [5.41, 5.74) is 4.18. The molecule has 2 aromatic carbocycles. The first-order valence-electron chi connectivity index (χ1n) is 9.48. The van der Waals surface area contributed by atoms with Crippen molar-refractivity contribution in [2.24, 2.45) is 0 Å². The fourth-order valence-electron chi connectivity index (χ4n) is 4.58. The van der Waals surface area contributed by atoms with Crippen molar-refractivity contribution in [1.82, 2.24) is 14.5 Å².